The smallest absolute Gasteiger partial charge is 0.331 e. The van der Waals surface area contributed by atoms with Crippen molar-refractivity contribution in [3.05, 3.63) is 12.2 Å². The molecule has 0 aromatic rings. The Labute approximate surface area is 169 Å². The van der Waals surface area contributed by atoms with E-state index in [1.54, 1.807) is 0 Å². The van der Waals surface area contributed by atoms with Crippen LogP contribution in [0.15, 0.2) is 12.2 Å². The normalized spacial score (nSPS) is 41.8. The molecule has 14 heteroatoms. The second-order valence-electron chi connectivity index (χ2n) is 6.68. The highest BCUT2D eigenvalue weighted by Gasteiger charge is 2.59. The molecule has 2 aliphatic rings. The largest absolute Gasteiger partial charge is 0.478 e. The fraction of sp³-hybridized carbons (Fsp3) is 0.750. The summed E-state index contributed by atoms with van der Waals surface area (Å²) >= 11 is 0. The zero-order chi connectivity index (χ0) is 22.6. The second kappa shape index (κ2) is 10.1. The Kier molecular flexibility index (Phi) is 8.23. The Morgan fingerprint density at radius 1 is 0.900 bits per heavy atom. The van der Waals surface area contributed by atoms with E-state index >= 15 is 0 Å². The van der Waals surface area contributed by atoms with E-state index in [0.29, 0.717) is 12.2 Å². The van der Waals surface area contributed by atoms with Crippen LogP contribution in [0.1, 0.15) is 0 Å². The molecule has 2 heterocycles. The van der Waals surface area contributed by atoms with Crippen molar-refractivity contribution >= 4 is 11.9 Å². The molecule has 0 aromatic carbocycles. The quantitative estimate of drug-likeness (QED) is 0.130. The molecule has 30 heavy (non-hydrogen) atoms. The van der Waals surface area contributed by atoms with Gasteiger partial charge in [0.1, 0.15) is 49.3 Å². The molecular weight excluding hydrogens is 416 g/mol. The average molecular weight is 440 g/mol. The Morgan fingerprint density at radius 3 is 2.07 bits per heavy atom. The zero-order valence-corrected chi connectivity index (χ0v) is 15.4. The molecule has 14 nitrogen and oxygen atoms in total. The molecule has 0 radical (unpaired) electrons. The standard InChI is InChI=1S/C16H24O14/c17-3-6-10(22)12(24)13(25)15(28-6)30-16(5-27-9(21)2-1-8(19)20)14(26)11(23)7(4-18)29-16/h1-2,6-7,10-15,17-18,22-26H,3-5H2,(H,19,20)/b2-1-/t6-,7-,10-,11-,12+,13-,14+,15-,16+/m1/s1. The van der Waals surface area contributed by atoms with Gasteiger partial charge in [-0.05, 0) is 0 Å². The highest BCUT2D eigenvalue weighted by molar-refractivity contribution is 5.90. The van der Waals surface area contributed by atoms with Crippen LogP contribution >= 0.6 is 0 Å². The highest BCUT2D eigenvalue weighted by atomic mass is 16.8. The molecule has 2 saturated heterocycles. The van der Waals surface area contributed by atoms with Gasteiger partial charge in [-0.1, -0.05) is 0 Å². The monoisotopic (exact) mass is 440 g/mol. The molecule has 0 amide bonds. The number of ether oxygens (including phenoxy) is 4. The van der Waals surface area contributed by atoms with E-state index in [0.717, 1.165) is 0 Å². The summed E-state index contributed by atoms with van der Waals surface area (Å²) in [7, 11) is 0. The van der Waals surface area contributed by atoms with Crippen LogP contribution in [0.2, 0.25) is 0 Å². The maximum atomic E-state index is 11.7. The summed E-state index contributed by atoms with van der Waals surface area (Å²) < 4.78 is 20.6. The van der Waals surface area contributed by atoms with E-state index in [9.17, 15) is 45.3 Å². The van der Waals surface area contributed by atoms with Gasteiger partial charge in [0.05, 0.1) is 13.2 Å². The predicted octanol–water partition coefficient (Wildman–Crippen LogP) is -5.20. The first-order valence-electron chi connectivity index (χ1n) is 8.77. The van der Waals surface area contributed by atoms with E-state index in [2.05, 4.69) is 0 Å². The van der Waals surface area contributed by atoms with Crippen LogP contribution in [-0.2, 0) is 28.5 Å². The number of carboxylic acids is 1. The summed E-state index contributed by atoms with van der Waals surface area (Å²) in [5.41, 5.74) is 0. The van der Waals surface area contributed by atoms with Crippen LogP contribution in [-0.4, -0.2) is 127 Å². The molecule has 2 rings (SSSR count). The number of carbonyl (C=O) groups excluding carboxylic acids is 1. The van der Waals surface area contributed by atoms with Gasteiger partial charge in [-0.25, -0.2) is 9.59 Å². The van der Waals surface area contributed by atoms with Gasteiger partial charge in [-0.3, -0.25) is 0 Å². The van der Waals surface area contributed by atoms with E-state index < -0.39 is 86.6 Å². The number of carbonyl (C=O) groups is 2. The van der Waals surface area contributed by atoms with Crippen molar-refractivity contribution in [3.8, 4) is 0 Å². The van der Waals surface area contributed by atoms with E-state index in [1.807, 2.05) is 0 Å². The van der Waals surface area contributed by atoms with Gasteiger partial charge in [0.15, 0.2) is 6.29 Å². The topological polar surface area (TPSA) is 233 Å². The number of hydrogen-bond acceptors (Lipinski definition) is 13. The fourth-order valence-corrected chi connectivity index (χ4v) is 2.98. The average Bonchev–Trinajstić information content (AvgIpc) is 2.96. The number of aliphatic carboxylic acids is 1. The first-order valence-corrected chi connectivity index (χ1v) is 8.77. The van der Waals surface area contributed by atoms with E-state index in [-0.39, 0.29) is 0 Å². The van der Waals surface area contributed by atoms with Gasteiger partial charge in [0.25, 0.3) is 0 Å². The Balaban J connectivity index is 2.24. The Hall–Kier alpha value is -1.72. The molecule has 2 aliphatic heterocycles. The minimum Gasteiger partial charge on any atom is -0.478 e. The molecule has 0 aliphatic carbocycles. The van der Waals surface area contributed by atoms with Gasteiger partial charge >= 0.3 is 11.9 Å². The number of aliphatic hydroxyl groups is 7. The number of carboxylic acid groups (broad SMARTS) is 1. The highest BCUT2D eigenvalue weighted by Crippen LogP contribution is 2.36. The molecule has 0 unspecified atom stereocenters. The van der Waals surface area contributed by atoms with E-state index in [4.69, 9.17) is 24.1 Å². The minimum absolute atomic E-state index is 0.477. The summed E-state index contributed by atoms with van der Waals surface area (Å²) in [6.45, 7) is -2.53. The third-order valence-electron chi connectivity index (χ3n) is 4.63. The number of aliphatic hydroxyl groups excluding tert-OH is 7. The third kappa shape index (κ3) is 5.12. The SMILES string of the molecule is O=C(O)/C=C\C(=O)OC[C@@]1(O[C@H]2O[C@H](CO)[C@@H](O)[C@H](O)[C@H]2O)O[C@H](CO)[C@@H](O)[C@@H]1O. The molecule has 172 valence electrons. The Morgan fingerprint density at radius 2 is 1.53 bits per heavy atom. The number of esters is 1. The lowest BCUT2D eigenvalue weighted by molar-refractivity contribution is -0.383. The van der Waals surface area contributed by atoms with Crippen molar-refractivity contribution in [1.29, 1.82) is 0 Å². The summed E-state index contributed by atoms with van der Waals surface area (Å²) in [6, 6.07) is 0. The minimum atomic E-state index is -2.42. The summed E-state index contributed by atoms with van der Waals surface area (Å²) in [6.07, 6.45) is -12.7. The van der Waals surface area contributed by atoms with Crippen molar-refractivity contribution in [2.75, 3.05) is 19.8 Å². The zero-order valence-electron chi connectivity index (χ0n) is 15.4. The van der Waals surface area contributed by atoms with Gasteiger partial charge in [-0.15, -0.1) is 0 Å². The lowest BCUT2D eigenvalue weighted by Gasteiger charge is -2.43. The van der Waals surface area contributed by atoms with E-state index in [1.165, 1.54) is 0 Å². The van der Waals surface area contributed by atoms with Crippen molar-refractivity contribution in [1.82, 2.24) is 0 Å². The van der Waals surface area contributed by atoms with Gasteiger partial charge in [0.2, 0.25) is 5.79 Å². The molecule has 8 N–H and O–H groups in total. The first kappa shape index (κ1) is 24.5. The maximum Gasteiger partial charge on any atom is 0.331 e. The molecule has 0 saturated carbocycles. The predicted molar refractivity (Wildman–Crippen MR) is 89.3 cm³/mol. The van der Waals surface area contributed by atoms with Crippen LogP contribution in [0.5, 0.6) is 0 Å². The Bertz CT molecular complexity index is 637. The van der Waals surface area contributed by atoms with Crippen molar-refractivity contribution in [2.24, 2.45) is 0 Å². The van der Waals surface area contributed by atoms with Gasteiger partial charge < -0.3 is 59.8 Å². The molecular formula is C16H24O14. The van der Waals surface area contributed by atoms with Crippen molar-refractivity contribution < 1.29 is 69.4 Å². The maximum absolute atomic E-state index is 11.7. The summed E-state index contributed by atoms with van der Waals surface area (Å²) in [4.78, 5) is 22.1. The molecule has 2 fully saturated rings. The lowest BCUT2D eigenvalue weighted by atomic mass is 9.99. The van der Waals surface area contributed by atoms with Gasteiger partial charge in [0, 0.05) is 12.2 Å². The first-order chi connectivity index (χ1) is 14.1. The molecule has 0 bridgehead atoms. The molecule has 0 spiro atoms. The molecule has 9 atom stereocenters. The summed E-state index contributed by atoms with van der Waals surface area (Å²) in [5.74, 6) is -5.05. The van der Waals surface area contributed by atoms with Crippen LogP contribution < -0.4 is 0 Å². The summed E-state index contributed by atoms with van der Waals surface area (Å²) in [5, 5.41) is 77.3. The van der Waals surface area contributed by atoms with Crippen LogP contribution in [0, 0.1) is 0 Å². The molecule has 0 aromatic heterocycles. The van der Waals surface area contributed by atoms with Crippen LogP contribution in [0.3, 0.4) is 0 Å². The van der Waals surface area contributed by atoms with Crippen molar-refractivity contribution in [2.45, 2.75) is 54.8 Å². The van der Waals surface area contributed by atoms with Crippen LogP contribution in [0.4, 0.5) is 0 Å². The second-order valence-corrected chi connectivity index (χ2v) is 6.68. The lowest BCUT2D eigenvalue weighted by Crippen LogP contribution is -2.62. The number of rotatable bonds is 8. The fourth-order valence-electron chi connectivity index (χ4n) is 2.98. The number of hydrogen-bond donors (Lipinski definition) is 8. The van der Waals surface area contributed by atoms with Crippen LogP contribution in [0.25, 0.3) is 0 Å². The van der Waals surface area contributed by atoms with Gasteiger partial charge in [-0.2, -0.15) is 0 Å². The third-order valence-corrected chi connectivity index (χ3v) is 4.63. The van der Waals surface area contributed by atoms with Crippen molar-refractivity contribution in [3.63, 3.8) is 0 Å².